The number of ether oxygens (including phenoxy) is 2. The van der Waals surface area contributed by atoms with E-state index in [2.05, 4.69) is 15.6 Å². The lowest BCUT2D eigenvalue weighted by molar-refractivity contribution is 0.0267. The van der Waals surface area contributed by atoms with Crippen LogP contribution in [-0.2, 0) is 22.6 Å². The number of rotatable bonds is 8. The molecule has 7 heteroatoms. The van der Waals surface area contributed by atoms with Gasteiger partial charge in [-0.2, -0.15) is 0 Å². The third-order valence-electron chi connectivity index (χ3n) is 4.15. The van der Waals surface area contributed by atoms with Crippen molar-refractivity contribution >= 4 is 12.1 Å². The summed E-state index contributed by atoms with van der Waals surface area (Å²) in [4.78, 5) is 18.3. The van der Waals surface area contributed by atoms with Gasteiger partial charge in [0, 0.05) is 33.8 Å². The molecule has 0 bridgehead atoms. The third kappa shape index (κ3) is 10.2. The standard InChI is InChI=1S/C22H38N4O3/c1-9-23-19(25-16-22(5,6)28-8)24-14-17-10-12-18(13-11-17)15-26(7)20(27)29-21(2,3)4/h10-13H,9,14-16H2,1-8H3,(H2,23,24,25). The van der Waals surface area contributed by atoms with E-state index < -0.39 is 5.60 Å². The Morgan fingerprint density at radius 2 is 1.66 bits per heavy atom. The molecule has 0 aliphatic carbocycles. The Kier molecular flexibility index (Phi) is 9.43. The Labute approximate surface area is 175 Å². The van der Waals surface area contributed by atoms with Gasteiger partial charge in [-0.15, -0.1) is 0 Å². The Morgan fingerprint density at radius 1 is 1.07 bits per heavy atom. The molecule has 1 amide bonds. The lowest BCUT2D eigenvalue weighted by atomic mass is 10.1. The maximum atomic E-state index is 12.1. The van der Waals surface area contributed by atoms with E-state index in [-0.39, 0.29) is 11.7 Å². The molecule has 0 aliphatic rings. The predicted octanol–water partition coefficient (Wildman–Crippen LogP) is 3.53. The second kappa shape index (κ2) is 11.0. The fraction of sp³-hybridized carbons (Fsp3) is 0.636. The average molecular weight is 407 g/mol. The number of carbonyl (C=O) groups is 1. The first-order valence-electron chi connectivity index (χ1n) is 10.0. The van der Waals surface area contributed by atoms with Gasteiger partial charge in [-0.1, -0.05) is 24.3 Å². The summed E-state index contributed by atoms with van der Waals surface area (Å²) in [6.07, 6.45) is -0.327. The minimum Gasteiger partial charge on any atom is -0.444 e. The van der Waals surface area contributed by atoms with E-state index in [0.717, 1.165) is 23.6 Å². The Hall–Kier alpha value is -2.28. The Bertz CT molecular complexity index is 664. The van der Waals surface area contributed by atoms with Crippen molar-refractivity contribution in [1.82, 2.24) is 15.5 Å². The van der Waals surface area contributed by atoms with Gasteiger partial charge in [0.05, 0.1) is 12.1 Å². The number of benzene rings is 1. The molecule has 29 heavy (non-hydrogen) atoms. The molecule has 0 saturated carbocycles. The molecule has 1 aromatic rings. The van der Waals surface area contributed by atoms with Crippen molar-refractivity contribution in [2.75, 3.05) is 27.2 Å². The summed E-state index contributed by atoms with van der Waals surface area (Å²) in [5, 5.41) is 6.55. The van der Waals surface area contributed by atoms with Crippen LogP contribution in [0, 0.1) is 0 Å². The fourth-order valence-electron chi connectivity index (χ4n) is 2.31. The van der Waals surface area contributed by atoms with Gasteiger partial charge < -0.3 is 25.0 Å². The van der Waals surface area contributed by atoms with Gasteiger partial charge in [0.1, 0.15) is 5.60 Å². The molecule has 0 radical (unpaired) electrons. The monoisotopic (exact) mass is 406 g/mol. The van der Waals surface area contributed by atoms with Crippen LogP contribution in [0.2, 0.25) is 0 Å². The number of hydrogen-bond donors (Lipinski definition) is 2. The molecule has 1 rings (SSSR count). The molecule has 0 aliphatic heterocycles. The van der Waals surface area contributed by atoms with Crippen LogP contribution in [0.4, 0.5) is 4.79 Å². The summed E-state index contributed by atoms with van der Waals surface area (Å²) < 4.78 is 10.8. The summed E-state index contributed by atoms with van der Waals surface area (Å²) >= 11 is 0. The second-order valence-corrected chi connectivity index (χ2v) is 8.67. The van der Waals surface area contributed by atoms with Crippen molar-refractivity contribution in [3.05, 3.63) is 35.4 Å². The smallest absolute Gasteiger partial charge is 0.410 e. The maximum absolute atomic E-state index is 12.1. The van der Waals surface area contributed by atoms with Crippen molar-refractivity contribution in [2.24, 2.45) is 4.99 Å². The molecule has 0 spiro atoms. The van der Waals surface area contributed by atoms with Crippen molar-refractivity contribution < 1.29 is 14.3 Å². The van der Waals surface area contributed by atoms with Crippen LogP contribution in [0.3, 0.4) is 0 Å². The molecule has 0 fully saturated rings. The van der Waals surface area contributed by atoms with Crippen LogP contribution in [0.5, 0.6) is 0 Å². The minimum atomic E-state index is -0.496. The molecular formula is C22H38N4O3. The van der Waals surface area contributed by atoms with Crippen molar-refractivity contribution in [3.8, 4) is 0 Å². The summed E-state index contributed by atoms with van der Waals surface area (Å²) in [7, 11) is 3.44. The summed E-state index contributed by atoms with van der Waals surface area (Å²) in [5.41, 5.74) is 1.37. The van der Waals surface area contributed by atoms with E-state index in [1.165, 1.54) is 0 Å². The molecule has 2 N–H and O–H groups in total. The topological polar surface area (TPSA) is 75.2 Å². The fourth-order valence-corrected chi connectivity index (χ4v) is 2.31. The van der Waals surface area contributed by atoms with Crippen molar-refractivity contribution in [2.45, 2.75) is 65.8 Å². The molecule has 0 unspecified atom stereocenters. The molecular weight excluding hydrogens is 368 g/mol. The molecule has 1 aromatic carbocycles. The molecule has 0 saturated heterocycles. The van der Waals surface area contributed by atoms with Gasteiger partial charge in [0.2, 0.25) is 0 Å². The lowest BCUT2D eigenvalue weighted by Crippen LogP contribution is -2.45. The van der Waals surface area contributed by atoms with Crippen LogP contribution >= 0.6 is 0 Å². The SMILES string of the molecule is CCNC(=NCc1ccc(CN(C)C(=O)OC(C)(C)C)cc1)NCC(C)(C)OC. The van der Waals surface area contributed by atoms with Gasteiger partial charge in [-0.3, -0.25) is 0 Å². The minimum absolute atomic E-state index is 0.266. The highest BCUT2D eigenvalue weighted by Gasteiger charge is 2.19. The largest absolute Gasteiger partial charge is 0.444 e. The van der Waals surface area contributed by atoms with Crippen molar-refractivity contribution in [3.63, 3.8) is 0 Å². The van der Waals surface area contributed by atoms with E-state index >= 15 is 0 Å². The zero-order valence-electron chi connectivity index (χ0n) is 19.3. The molecule has 0 aromatic heterocycles. The zero-order valence-corrected chi connectivity index (χ0v) is 19.3. The number of carbonyl (C=O) groups excluding carboxylic acids is 1. The van der Waals surface area contributed by atoms with E-state index in [1.807, 2.05) is 65.8 Å². The zero-order chi connectivity index (χ0) is 22.1. The summed E-state index contributed by atoms with van der Waals surface area (Å²) in [6, 6.07) is 8.09. The van der Waals surface area contributed by atoms with Crippen LogP contribution < -0.4 is 10.6 Å². The molecule has 0 atom stereocenters. The van der Waals surface area contributed by atoms with E-state index in [1.54, 1.807) is 19.1 Å². The normalized spacial score (nSPS) is 12.5. The van der Waals surface area contributed by atoms with Crippen LogP contribution in [0.25, 0.3) is 0 Å². The maximum Gasteiger partial charge on any atom is 0.410 e. The highest BCUT2D eigenvalue weighted by Crippen LogP contribution is 2.12. The summed E-state index contributed by atoms with van der Waals surface area (Å²) in [5.74, 6) is 0.756. The highest BCUT2D eigenvalue weighted by molar-refractivity contribution is 5.79. The number of nitrogens with one attached hydrogen (secondary N) is 2. The van der Waals surface area contributed by atoms with Crippen LogP contribution in [0.15, 0.2) is 29.3 Å². The Morgan fingerprint density at radius 3 is 2.17 bits per heavy atom. The van der Waals surface area contributed by atoms with Gasteiger partial charge in [0.15, 0.2) is 5.96 Å². The van der Waals surface area contributed by atoms with E-state index in [4.69, 9.17) is 9.47 Å². The predicted molar refractivity (Wildman–Crippen MR) is 118 cm³/mol. The molecule has 7 nitrogen and oxygen atoms in total. The number of methoxy groups -OCH3 is 1. The van der Waals surface area contributed by atoms with E-state index in [0.29, 0.717) is 19.6 Å². The molecule has 0 heterocycles. The van der Waals surface area contributed by atoms with Crippen LogP contribution in [-0.4, -0.2) is 55.4 Å². The summed E-state index contributed by atoms with van der Waals surface area (Å²) in [6.45, 7) is 14.2. The van der Waals surface area contributed by atoms with Gasteiger partial charge in [0.25, 0.3) is 0 Å². The Balaban J connectivity index is 2.65. The van der Waals surface area contributed by atoms with Gasteiger partial charge in [-0.25, -0.2) is 9.79 Å². The third-order valence-corrected chi connectivity index (χ3v) is 4.15. The van der Waals surface area contributed by atoms with Gasteiger partial charge >= 0.3 is 6.09 Å². The highest BCUT2D eigenvalue weighted by atomic mass is 16.6. The number of nitrogens with zero attached hydrogens (tertiary/aromatic N) is 2. The molecule has 164 valence electrons. The van der Waals surface area contributed by atoms with Crippen molar-refractivity contribution in [1.29, 1.82) is 0 Å². The first-order chi connectivity index (χ1) is 13.5. The average Bonchev–Trinajstić information content (AvgIpc) is 2.63. The first-order valence-corrected chi connectivity index (χ1v) is 10.0. The van der Waals surface area contributed by atoms with Gasteiger partial charge in [-0.05, 0) is 52.7 Å². The van der Waals surface area contributed by atoms with E-state index in [9.17, 15) is 4.79 Å². The number of amides is 1. The number of hydrogen-bond acceptors (Lipinski definition) is 4. The number of guanidine groups is 1. The lowest BCUT2D eigenvalue weighted by Gasteiger charge is -2.24. The quantitative estimate of drug-likeness (QED) is 0.510. The first kappa shape index (κ1) is 24.8. The number of aliphatic imine (C=N–C) groups is 1. The van der Waals surface area contributed by atoms with Crippen LogP contribution in [0.1, 0.15) is 52.7 Å². The second-order valence-electron chi connectivity index (χ2n) is 8.67.